The first-order valence-corrected chi connectivity index (χ1v) is 14.1. The van der Waals surface area contributed by atoms with Crippen LogP contribution in [0.4, 0.5) is 0 Å². The maximum Gasteiger partial charge on any atom is 0.0249 e. The summed E-state index contributed by atoms with van der Waals surface area (Å²) in [6.07, 6.45) is 28.4. The minimum Gasteiger partial charge on any atom is -0.315 e. The van der Waals surface area contributed by atoms with Gasteiger partial charge in [-0.15, -0.1) is 0 Å². The van der Waals surface area contributed by atoms with Gasteiger partial charge in [0, 0.05) is 12.1 Å². The van der Waals surface area contributed by atoms with E-state index in [4.69, 9.17) is 0 Å². The quantitative estimate of drug-likeness (QED) is 0.143. The van der Waals surface area contributed by atoms with Crippen molar-refractivity contribution < 1.29 is 0 Å². The molecule has 30 heavy (non-hydrogen) atoms. The predicted octanol–water partition coefficient (Wildman–Crippen LogP) is 8.79. The third-order valence-corrected chi connectivity index (χ3v) is 6.41. The Balaban J connectivity index is 3.29. The fraction of sp³-hybridized carbons (Fsp3) is 1.00. The zero-order valence-corrected chi connectivity index (χ0v) is 21.8. The average Bonchev–Trinajstić information content (AvgIpc) is 2.72. The topological polar surface area (TPSA) is 24.1 Å². The molecule has 2 heteroatoms. The second-order valence-electron chi connectivity index (χ2n) is 10.4. The molecule has 0 unspecified atom stereocenters. The van der Waals surface area contributed by atoms with Gasteiger partial charge in [-0.05, 0) is 39.8 Å². The lowest BCUT2D eigenvalue weighted by Gasteiger charge is -2.27. The summed E-state index contributed by atoms with van der Waals surface area (Å²) in [5.41, 5.74) is 0.220. The Morgan fingerprint density at radius 3 is 1.17 bits per heavy atom. The largest absolute Gasteiger partial charge is 0.315 e. The minimum atomic E-state index is 0.220. The molecular weight excluding hydrogens is 364 g/mol. The van der Waals surface area contributed by atoms with Crippen LogP contribution in [0, 0.1) is 0 Å². The molecule has 0 radical (unpaired) electrons. The zero-order chi connectivity index (χ0) is 22.2. The molecule has 0 spiro atoms. The zero-order valence-electron chi connectivity index (χ0n) is 21.8. The van der Waals surface area contributed by atoms with Crippen molar-refractivity contribution >= 4 is 0 Å². The molecule has 0 saturated carbocycles. The maximum absolute atomic E-state index is 3.76. The Kier molecular flexibility index (Phi) is 23.5. The van der Waals surface area contributed by atoms with Gasteiger partial charge < -0.3 is 10.6 Å². The van der Waals surface area contributed by atoms with Gasteiger partial charge in [-0.2, -0.15) is 0 Å². The van der Waals surface area contributed by atoms with E-state index in [1.54, 1.807) is 0 Å². The number of rotatable bonds is 25. The van der Waals surface area contributed by atoms with Crippen LogP contribution in [0.25, 0.3) is 0 Å². The van der Waals surface area contributed by atoms with E-state index in [1.165, 1.54) is 142 Å². The van der Waals surface area contributed by atoms with Gasteiger partial charge in [-0.3, -0.25) is 0 Å². The Labute approximate surface area is 192 Å². The van der Waals surface area contributed by atoms with Crippen molar-refractivity contribution in [2.45, 2.75) is 162 Å². The van der Waals surface area contributed by atoms with Crippen LogP contribution < -0.4 is 10.6 Å². The van der Waals surface area contributed by atoms with Gasteiger partial charge in [-0.1, -0.05) is 129 Å². The van der Waals surface area contributed by atoms with Gasteiger partial charge in [0.2, 0.25) is 0 Å². The Morgan fingerprint density at radius 1 is 0.433 bits per heavy atom. The summed E-state index contributed by atoms with van der Waals surface area (Å²) in [6.45, 7) is 12.7. The van der Waals surface area contributed by atoms with Crippen molar-refractivity contribution in [1.29, 1.82) is 0 Å². The molecule has 0 aromatic rings. The molecule has 0 aliphatic rings. The second kappa shape index (κ2) is 23.6. The molecule has 0 aromatic carbocycles. The van der Waals surface area contributed by atoms with E-state index in [9.17, 15) is 0 Å². The van der Waals surface area contributed by atoms with Crippen LogP contribution in [0.3, 0.4) is 0 Å². The highest BCUT2D eigenvalue weighted by Gasteiger charge is 2.15. The first-order valence-electron chi connectivity index (χ1n) is 14.1. The van der Waals surface area contributed by atoms with Crippen LogP contribution >= 0.6 is 0 Å². The summed E-state index contributed by atoms with van der Waals surface area (Å²) in [6, 6.07) is 0. The summed E-state index contributed by atoms with van der Waals surface area (Å²) < 4.78 is 0. The van der Waals surface area contributed by atoms with Gasteiger partial charge in [-0.25, -0.2) is 0 Å². The summed E-state index contributed by atoms with van der Waals surface area (Å²) in [5, 5.41) is 7.44. The molecule has 0 heterocycles. The lowest BCUT2D eigenvalue weighted by molar-refractivity contribution is 0.358. The monoisotopic (exact) mass is 424 g/mol. The second-order valence-corrected chi connectivity index (χ2v) is 10.4. The molecular formula is C28H60N2. The predicted molar refractivity (Wildman–Crippen MR) is 139 cm³/mol. The van der Waals surface area contributed by atoms with Crippen molar-refractivity contribution in [3.63, 3.8) is 0 Å². The molecule has 2 N–H and O–H groups in total. The molecule has 0 saturated heterocycles. The fourth-order valence-electron chi connectivity index (χ4n) is 4.24. The first kappa shape index (κ1) is 29.9. The fourth-order valence-corrected chi connectivity index (χ4v) is 4.24. The highest BCUT2D eigenvalue weighted by molar-refractivity contribution is 4.79. The molecule has 2 nitrogen and oxygen atoms in total. The van der Waals surface area contributed by atoms with E-state index in [0.29, 0.717) is 0 Å². The van der Waals surface area contributed by atoms with Gasteiger partial charge >= 0.3 is 0 Å². The van der Waals surface area contributed by atoms with Crippen molar-refractivity contribution in [1.82, 2.24) is 10.6 Å². The van der Waals surface area contributed by atoms with Crippen LogP contribution in [0.15, 0.2) is 0 Å². The van der Waals surface area contributed by atoms with E-state index in [0.717, 1.165) is 6.54 Å². The average molecular weight is 425 g/mol. The van der Waals surface area contributed by atoms with Crippen LogP contribution in [0.1, 0.15) is 156 Å². The summed E-state index contributed by atoms with van der Waals surface area (Å²) in [4.78, 5) is 0. The molecule has 0 aromatic heterocycles. The third kappa shape index (κ3) is 24.2. The summed E-state index contributed by atoms with van der Waals surface area (Å²) in [7, 11) is 0. The highest BCUT2D eigenvalue weighted by Crippen LogP contribution is 2.11. The van der Waals surface area contributed by atoms with Crippen LogP contribution in [0.2, 0.25) is 0 Å². The van der Waals surface area contributed by atoms with Crippen molar-refractivity contribution in [3.8, 4) is 0 Å². The van der Waals surface area contributed by atoms with Gasteiger partial charge in [0.1, 0.15) is 0 Å². The van der Waals surface area contributed by atoms with Gasteiger partial charge in [0.25, 0.3) is 0 Å². The van der Waals surface area contributed by atoms with Crippen molar-refractivity contribution in [2.75, 3.05) is 19.6 Å². The van der Waals surface area contributed by atoms with Crippen molar-refractivity contribution in [2.24, 2.45) is 0 Å². The Morgan fingerprint density at radius 2 is 0.767 bits per heavy atom. The molecule has 182 valence electrons. The number of hydrogen-bond donors (Lipinski definition) is 2. The van der Waals surface area contributed by atoms with Crippen LogP contribution in [0.5, 0.6) is 0 Å². The normalized spacial score (nSPS) is 12.0. The van der Waals surface area contributed by atoms with Gasteiger partial charge in [0.15, 0.2) is 0 Å². The molecule has 0 bridgehead atoms. The van der Waals surface area contributed by atoms with Crippen LogP contribution in [-0.4, -0.2) is 25.2 Å². The smallest absolute Gasteiger partial charge is 0.0249 e. The third-order valence-electron chi connectivity index (χ3n) is 6.41. The molecule has 0 aliphatic carbocycles. The molecule has 0 aliphatic heterocycles. The van der Waals surface area contributed by atoms with E-state index in [1.807, 2.05) is 0 Å². The Bertz CT molecular complexity index is 314. The van der Waals surface area contributed by atoms with E-state index in [-0.39, 0.29) is 5.54 Å². The van der Waals surface area contributed by atoms with Crippen molar-refractivity contribution in [3.05, 3.63) is 0 Å². The number of unbranched alkanes of at least 4 members (excludes halogenated alkanes) is 18. The number of hydrogen-bond acceptors (Lipinski definition) is 2. The molecule has 0 amide bonds. The minimum absolute atomic E-state index is 0.220. The SMILES string of the molecule is CCCCCCCCCCCCNCC(C)(C)NCCCCCCCCCCCC. The lowest BCUT2D eigenvalue weighted by atomic mass is 10.0. The molecule has 0 fully saturated rings. The summed E-state index contributed by atoms with van der Waals surface area (Å²) >= 11 is 0. The first-order chi connectivity index (χ1) is 14.6. The van der Waals surface area contributed by atoms with E-state index in [2.05, 4.69) is 38.3 Å². The summed E-state index contributed by atoms with van der Waals surface area (Å²) in [5.74, 6) is 0. The molecule has 0 atom stereocenters. The van der Waals surface area contributed by atoms with Gasteiger partial charge in [0.05, 0.1) is 0 Å². The maximum atomic E-state index is 3.76. The number of nitrogens with one attached hydrogen (secondary N) is 2. The highest BCUT2D eigenvalue weighted by atomic mass is 15.0. The Hall–Kier alpha value is -0.0800. The van der Waals surface area contributed by atoms with E-state index < -0.39 is 0 Å². The lowest BCUT2D eigenvalue weighted by Crippen LogP contribution is -2.48. The standard InChI is InChI=1S/C28H60N2/c1-5-7-9-11-13-15-17-19-21-23-25-29-27-28(3,4)30-26-24-22-20-18-16-14-12-10-8-6-2/h29-30H,5-27H2,1-4H3. The van der Waals surface area contributed by atoms with Crippen LogP contribution in [-0.2, 0) is 0 Å². The molecule has 0 rings (SSSR count). The van der Waals surface area contributed by atoms with E-state index >= 15 is 0 Å².